The van der Waals surface area contributed by atoms with E-state index in [0.29, 0.717) is 51.8 Å². The molecule has 0 heterocycles. The van der Waals surface area contributed by atoms with Gasteiger partial charge in [0.05, 0.1) is 51.5 Å². The summed E-state index contributed by atoms with van der Waals surface area (Å²) in [5.41, 5.74) is 1.53. The lowest BCUT2D eigenvalue weighted by atomic mass is 10.2. The van der Waals surface area contributed by atoms with Crippen molar-refractivity contribution in [3.8, 4) is 0 Å². The smallest absolute Gasteiger partial charge is 0.338 e. The number of hydrogen-bond donors (Lipinski definition) is 1. The van der Waals surface area contributed by atoms with Crippen LogP contribution in [0.4, 0.5) is 5.69 Å². The van der Waals surface area contributed by atoms with Crippen LogP contribution in [0.15, 0.2) is 37.1 Å². The predicted octanol–water partition coefficient (Wildman–Crippen LogP) is 3.27. The quantitative estimate of drug-likeness (QED) is 0.232. The van der Waals surface area contributed by atoms with Gasteiger partial charge < -0.3 is 29.0 Å². The molecule has 0 unspecified atom stereocenters. The summed E-state index contributed by atoms with van der Waals surface area (Å²) in [6.45, 7) is 9.97. The Morgan fingerprint density at radius 3 is 2.07 bits per heavy atom. The Hall–Kier alpha value is -2.09. The molecule has 0 saturated carbocycles. The molecule has 0 radical (unpaired) electrons. The highest BCUT2D eigenvalue weighted by molar-refractivity contribution is 5.89. The van der Waals surface area contributed by atoms with Crippen LogP contribution in [0, 0.1) is 0 Å². The highest BCUT2D eigenvalue weighted by Gasteiger charge is 2.06. The second kappa shape index (κ2) is 17.0. The van der Waals surface area contributed by atoms with Gasteiger partial charge >= 0.3 is 5.97 Å². The zero-order valence-corrected chi connectivity index (χ0v) is 16.8. The van der Waals surface area contributed by atoms with Gasteiger partial charge in [0.15, 0.2) is 0 Å². The van der Waals surface area contributed by atoms with Crippen LogP contribution < -0.4 is 5.32 Å². The van der Waals surface area contributed by atoms with E-state index in [4.69, 9.17) is 23.7 Å². The van der Waals surface area contributed by atoms with Crippen LogP contribution in [0.5, 0.6) is 0 Å². The van der Waals surface area contributed by atoms with Gasteiger partial charge in [-0.3, -0.25) is 0 Å². The van der Waals surface area contributed by atoms with Gasteiger partial charge in [0.2, 0.25) is 0 Å². The maximum atomic E-state index is 12.0. The first-order chi connectivity index (χ1) is 13.8. The van der Waals surface area contributed by atoms with Crippen molar-refractivity contribution in [2.45, 2.75) is 19.8 Å². The third kappa shape index (κ3) is 12.3. The molecule has 0 amide bonds. The molecule has 158 valence electrons. The van der Waals surface area contributed by atoms with Gasteiger partial charge in [-0.2, -0.15) is 0 Å². The van der Waals surface area contributed by atoms with Crippen molar-refractivity contribution in [1.82, 2.24) is 0 Å². The van der Waals surface area contributed by atoms with E-state index >= 15 is 0 Å². The monoisotopic (exact) mass is 395 g/mol. The maximum absolute atomic E-state index is 12.0. The molecule has 1 N–H and O–H groups in total. The lowest BCUT2D eigenvalue weighted by molar-refractivity contribution is -0.00379. The molecule has 0 fully saturated rings. The first-order valence-electron chi connectivity index (χ1n) is 9.74. The van der Waals surface area contributed by atoms with Crippen molar-refractivity contribution >= 4 is 11.7 Å². The van der Waals surface area contributed by atoms with Gasteiger partial charge in [0.25, 0.3) is 0 Å². The summed E-state index contributed by atoms with van der Waals surface area (Å²) in [6.07, 6.45) is 3.65. The van der Waals surface area contributed by atoms with Crippen LogP contribution in [0.2, 0.25) is 0 Å². The highest BCUT2D eigenvalue weighted by Crippen LogP contribution is 2.10. The Bertz CT molecular complexity index is 520. The molecule has 0 aliphatic rings. The van der Waals surface area contributed by atoms with Crippen molar-refractivity contribution in [2.75, 3.05) is 64.7 Å². The fraction of sp³-hybridized carbons (Fsp3) is 0.571. The van der Waals surface area contributed by atoms with Gasteiger partial charge in [0.1, 0.15) is 13.2 Å². The SMILES string of the molecule is C=COCCOCCOCCOCCOC(=O)c1ccc(NCCCC)cc1. The predicted molar refractivity (Wildman–Crippen MR) is 109 cm³/mol. The Morgan fingerprint density at radius 1 is 0.929 bits per heavy atom. The molecule has 1 aromatic rings. The van der Waals surface area contributed by atoms with E-state index in [9.17, 15) is 4.79 Å². The molecular formula is C21H33NO6. The topological polar surface area (TPSA) is 75.2 Å². The summed E-state index contributed by atoms with van der Waals surface area (Å²) in [4.78, 5) is 12.0. The number of nitrogens with one attached hydrogen (secondary N) is 1. The summed E-state index contributed by atoms with van der Waals surface area (Å²) < 4.78 is 26.1. The molecule has 0 aliphatic carbocycles. The van der Waals surface area contributed by atoms with Crippen molar-refractivity contribution < 1.29 is 28.5 Å². The second-order valence-electron chi connectivity index (χ2n) is 5.87. The third-order valence-electron chi connectivity index (χ3n) is 3.65. The first-order valence-corrected chi connectivity index (χ1v) is 9.74. The molecule has 0 aliphatic heterocycles. The zero-order valence-electron chi connectivity index (χ0n) is 16.8. The van der Waals surface area contributed by atoms with Crippen LogP contribution in [0.3, 0.4) is 0 Å². The van der Waals surface area contributed by atoms with Crippen LogP contribution >= 0.6 is 0 Å². The number of rotatable bonds is 18. The number of benzene rings is 1. The maximum Gasteiger partial charge on any atom is 0.338 e. The number of hydrogen-bond acceptors (Lipinski definition) is 7. The first kappa shape index (κ1) is 23.9. The zero-order chi connectivity index (χ0) is 20.3. The summed E-state index contributed by atoms with van der Waals surface area (Å²) in [7, 11) is 0. The van der Waals surface area contributed by atoms with E-state index in [1.165, 1.54) is 6.26 Å². The summed E-state index contributed by atoms with van der Waals surface area (Å²) in [6, 6.07) is 7.29. The molecule has 1 rings (SSSR count). The van der Waals surface area contributed by atoms with Gasteiger partial charge in [-0.05, 0) is 30.7 Å². The second-order valence-corrected chi connectivity index (χ2v) is 5.87. The van der Waals surface area contributed by atoms with Crippen molar-refractivity contribution in [2.24, 2.45) is 0 Å². The van der Waals surface area contributed by atoms with E-state index in [1.54, 1.807) is 12.1 Å². The molecule has 0 saturated heterocycles. The van der Waals surface area contributed by atoms with E-state index in [-0.39, 0.29) is 12.6 Å². The fourth-order valence-electron chi connectivity index (χ4n) is 2.14. The summed E-state index contributed by atoms with van der Waals surface area (Å²) >= 11 is 0. The Kier molecular flexibility index (Phi) is 14.6. The minimum atomic E-state index is -0.349. The number of carbonyl (C=O) groups excluding carboxylic acids is 1. The van der Waals surface area contributed by atoms with E-state index in [1.807, 2.05) is 12.1 Å². The number of anilines is 1. The van der Waals surface area contributed by atoms with Gasteiger partial charge in [-0.15, -0.1) is 0 Å². The molecule has 28 heavy (non-hydrogen) atoms. The van der Waals surface area contributed by atoms with Crippen LogP contribution in [-0.2, 0) is 23.7 Å². The minimum absolute atomic E-state index is 0.210. The molecule has 0 bridgehead atoms. The van der Waals surface area contributed by atoms with Gasteiger partial charge in [-0.1, -0.05) is 19.9 Å². The Balaban J connectivity index is 1.97. The minimum Gasteiger partial charge on any atom is -0.499 e. The largest absolute Gasteiger partial charge is 0.499 e. The molecule has 0 aromatic heterocycles. The molecule has 7 heteroatoms. The van der Waals surface area contributed by atoms with Crippen molar-refractivity contribution in [3.05, 3.63) is 42.7 Å². The van der Waals surface area contributed by atoms with Gasteiger partial charge in [0, 0.05) is 12.2 Å². The normalized spacial score (nSPS) is 10.5. The third-order valence-corrected chi connectivity index (χ3v) is 3.65. The van der Waals surface area contributed by atoms with Gasteiger partial charge in [-0.25, -0.2) is 4.79 Å². The molecular weight excluding hydrogens is 362 g/mol. The standard InChI is InChI=1S/C21H33NO6/c1-3-5-10-22-20-8-6-19(7-9-20)21(23)28-18-17-27-16-15-26-14-13-25-12-11-24-4-2/h4,6-9,22H,2-3,5,10-18H2,1H3. The van der Waals surface area contributed by atoms with E-state index in [0.717, 1.165) is 25.1 Å². The molecule has 7 nitrogen and oxygen atoms in total. The van der Waals surface area contributed by atoms with Crippen LogP contribution in [0.1, 0.15) is 30.1 Å². The average Bonchev–Trinajstić information content (AvgIpc) is 2.72. The summed E-state index contributed by atoms with van der Waals surface area (Å²) in [5.74, 6) is -0.349. The number of carbonyl (C=O) groups is 1. The lowest BCUT2D eigenvalue weighted by Crippen LogP contribution is -2.14. The molecule has 0 atom stereocenters. The number of ether oxygens (including phenoxy) is 5. The van der Waals surface area contributed by atoms with Crippen molar-refractivity contribution in [1.29, 1.82) is 0 Å². The Labute approximate surface area is 167 Å². The fourth-order valence-corrected chi connectivity index (χ4v) is 2.14. The lowest BCUT2D eigenvalue weighted by Gasteiger charge is -2.08. The average molecular weight is 395 g/mol. The van der Waals surface area contributed by atoms with E-state index < -0.39 is 0 Å². The van der Waals surface area contributed by atoms with Crippen molar-refractivity contribution in [3.63, 3.8) is 0 Å². The molecule has 1 aromatic carbocycles. The van der Waals surface area contributed by atoms with E-state index in [2.05, 4.69) is 18.8 Å². The van der Waals surface area contributed by atoms with Crippen LogP contribution in [-0.4, -0.2) is 65.4 Å². The molecule has 0 spiro atoms. The summed E-state index contributed by atoms with van der Waals surface area (Å²) in [5, 5.41) is 3.31. The Morgan fingerprint density at radius 2 is 1.50 bits per heavy atom. The van der Waals surface area contributed by atoms with Crippen LogP contribution in [0.25, 0.3) is 0 Å². The number of unbranched alkanes of at least 4 members (excludes halogenated alkanes) is 1. The number of esters is 1. The highest BCUT2D eigenvalue weighted by atomic mass is 16.6.